The van der Waals surface area contributed by atoms with Crippen molar-refractivity contribution in [2.24, 2.45) is 7.05 Å². The zero-order valence-electron chi connectivity index (χ0n) is 16.4. The van der Waals surface area contributed by atoms with Crippen molar-refractivity contribution in [3.63, 3.8) is 0 Å². The smallest absolute Gasteiger partial charge is 0.376 e. The number of carbonyl (C=O) groups is 1. The molecule has 3 aromatic rings. The number of aryl methyl sites for hydroxylation is 2. The van der Waals surface area contributed by atoms with E-state index in [4.69, 9.17) is 4.74 Å². The van der Waals surface area contributed by atoms with Gasteiger partial charge in [0, 0.05) is 19.9 Å². The van der Waals surface area contributed by atoms with Crippen LogP contribution in [0.25, 0.3) is 11.0 Å². The quantitative estimate of drug-likeness (QED) is 0.702. The van der Waals surface area contributed by atoms with Crippen molar-refractivity contribution in [3.8, 4) is 0 Å². The first-order valence-electron chi connectivity index (χ1n) is 9.49. The van der Waals surface area contributed by atoms with Crippen LogP contribution in [0, 0.1) is 6.92 Å². The molecule has 30 heavy (non-hydrogen) atoms. The normalized spacial score (nSPS) is 18.0. The molecule has 1 aromatic carbocycles. The van der Waals surface area contributed by atoms with Crippen LogP contribution in [0.15, 0.2) is 30.6 Å². The minimum absolute atomic E-state index is 0.140. The molecule has 0 bridgehead atoms. The average molecular weight is 419 g/mol. The second-order valence-corrected chi connectivity index (χ2v) is 7.28. The van der Waals surface area contributed by atoms with E-state index in [9.17, 15) is 18.0 Å². The Morgan fingerprint density at radius 3 is 2.73 bits per heavy atom. The highest BCUT2D eigenvalue weighted by Crippen LogP contribution is 2.33. The van der Waals surface area contributed by atoms with E-state index in [-0.39, 0.29) is 17.3 Å². The molecule has 0 unspecified atom stereocenters. The lowest BCUT2D eigenvalue weighted by molar-refractivity contribution is -0.137. The third-order valence-corrected chi connectivity index (χ3v) is 5.16. The Morgan fingerprint density at radius 2 is 2.10 bits per heavy atom. The molecule has 2 atom stereocenters. The van der Waals surface area contributed by atoms with Crippen LogP contribution >= 0.6 is 0 Å². The number of nitrogens with zero attached hydrogens (tertiary/aromatic N) is 4. The predicted molar refractivity (Wildman–Crippen MR) is 102 cm³/mol. The van der Waals surface area contributed by atoms with Gasteiger partial charge in [-0.1, -0.05) is 0 Å². The molecule has 0 spiro atoms. The fraction of sp³-hybridized carbons (Fsp3) is 0.400. The van der Waals surface area contributed by atoms with Crippen LogP contribution in [-0.2, 0) is 18.0 Å². The van der Waals surface area contributed by atoms with Gasteiger partial charge < -0.3 is 14.6 Å². The van der Waals surface area contributed by atoms with Gasteiger partial charge in [0.1, 0.15) is 17.6 Å². The van der Waals surface area contributed by atoms with Gasteiger partial charge in [0.05, 0.1) is 34.6 Å². The van der Waals surface area contributed by atoms with Crippen molar-refractivity contribution >= 4 is 16.9 Å². The molecule has 2 aromatic heterocycles. The molecule has 1 aliphatic rings. The van der Waals surface area contributed by atoms with E-state index in [1.165, 1.54) is 18.5 Å². The molecule has 1 saturated heterocycles. The monoisotopic (exact) mass is 419 g/mol. The number of nitrogens with one attached hydrogen (secondary N) is 1. The number of hydrogen-bond acceptors (Lipinski definition) is 5. The van der Waals surface area contributed by atoms with Crippen molar-refractivity contribution in [2.75, 3.05) is 6.61 Å². The number of amides is 1. The van der Waals surface area contributed by atoms with Crippen LogP contribution in [0.1, 0.15) is 46.5 Å². The minimum Gasteiger partial charge on any atom is -0.376 e. The number of benzene rings is 1. The molecule has 3 heterocycles. The van der Waals surface area contributed by atoms with Gasteiger partial charge >= 0.3 is 6.18 Å². The van der Waals surface area contributed by atoms with Gasteiger partial charge in [-0.2, -0.15) is 13.2 Å². The number of hydrogen-bond donors (Lipinski definition) is 1. The van der Waals surface area contributed by atoms with E-state index in [0.717, 1.165) is 18.6 Å². The highest BCUT2D eigenvalue weighted by atomic mass is 19.4. The van der Waals surface area contributed by atoms with Crippen LogP contribution in [-0.4, -0.2) is 38.1 Å². The van der Waals surface area contributed by atoms with Crippen LogP contribution < -0.4 is 5.32 Å². The van der Waals surface area contributed by atoms with Gasteiger partial charge in [-0.3, -0.25) is 9.78 Å². The number of rotatable bonds is 4. The molecule has 0 radical (unpaired) electrons. The maximum Gasteiger partial charge on any atom is 0.416 e. The number of ether oxygens (including phenoxy) is 1. The first kappa shape index (κ1) is 20.3. The summed E-state index contributed by atoms with van der Waals surface area (Å²) in [5.74, 6) is -0.0318. The van der Waals surface area contributed by atoms with Crippen molar-refractivity contribution in [1.82, 2.24) is 24.8 Å². The van der Waals surface area contributed by atoms with E-state index in [1.807, 2.05) is 0 Å². The molecule has 0 aliphatic carbocycles. The second kappa shape index (κ2) is 7.67. The van der Waals surface area contributed by atoms with E-state index in [1.54, 1.807) is 18.5 Å². The molecule has 4 rings (SSSR count). The molecule has 158 valence electrons. The second-order valence-electron chi connectivity index (χ2n) is 7.28. The minimum atomic E-state index is -4.46. The summed E-state index contributed by atoms with van der Waals surface area (Å²) in [6.45, 7) is 2.31. The zero-order chi connectivity index (χ0) is 21.5. The molecule has 1 N–H and O–H groups in total. The number of carbonyl (C=O) groups excluding carboxylic acids is 1. The third kappa shape index (κ3) is 3.87. The summed E-state index contributed by atoms with van der Waals surface area (Å²) in [4.78, 5) is 25.3. The summed E-state index contributed by atoms with van der Waals surface area (Å²) in [5, 5.41) is 2.89. The molecular formula is C20H20F3N5O2. The molecular weight excluding hydrogens is 399 g/mol. The van der Waals surface area contributed by atoms with Crippen molar-refractivity contribution in [2.45, 2.75) is 38.1 Å². The van der Waals surface area contributed by atoms with Crippen molar-refractivity contribution in [3.05, 3.63) is 53.4 Å². The summed E-state index contributed by atoms with van der Waals surface area (Å²) in [6.07, 6.45) is -0.417. The number of halogens is 3. The lowest BCUT2D eigenvalue weighted by atomic mass is 10.1. The average Bonchev–Trinajstić information content (AvgIpc) is 3.34. The number of fused-ring (bicyclic) bond motifs is 1. The molecule has 1 amide bonds. The standard InChI is InChI=1S/C20H20F3N5O2/c1-11-9-25-14(10-24-11)19(29)27-17(16-4-3-7-30-16)18-26-13-8-12(20(21,22)23)5-6-15(13)28(18)2/h5-6,8-10,16-17H,3-4,7H2,1-2H3,(H,27,29)/t16-,17+/m1/s1. The Kier molecular flexibility index (Phi) is 5.19. The predicted octanol–water partition coefficient (Wildman–Crippen LogP) is 3.34. The highest BCUT2D eigenvalue weighted by Gasteiger charge is 2.34. The van der Waals surface area contributed by atoms with Crippen LogP contribution in [0.4, 0.5) is 13.2 Å². The molecule has 0 saturated carbocycles. The number of alkyl halides is 3. The summed E-state index contributed by atoms with van der Waals surface area (Å²) in [7, 11) is 1.71. The van der Waals surface area contributed by atoms with Crippen LogP contribution in [0.5, 0.6) is 0 Å². The lowest BCUT2D eigenvalue weighted by Crippen LogP contribution is -2.38. The van der Waals surface area contributed by atoms with Crippen molar-refractivity contribution in [1.29, 1.82) is 0 Å². The molecule has 1 fully saturated rings. The van der Waals surface area contributed by atoms with Gasteiger partial charge in [-0.05, 0) is 38.0 Å². The first-order chi connectivity index (χ1) is 14.2. The summed E-state index contributed by atoms with van der Waals surface area (Å²) < 4.78 is 46.7. The van der Waals surface area contributed by atoms with Crippen LogP contribution in [0.2, 0.25) is 0 Å². The van der Waals surface area contributed by atoms with Gasteiger partial charge in [0.25, 0.3) is 5.91 Å². The largest absolute Gasteiger partial charge is 0.416 e. The van der Waals surface area contributed by atoms with E-state index < -0.39 is 23.7 Å². The zero-order valence-corrected chi connectivity index (χ0v) is 16.4. The topological polar surface area (TPSA) is 81.9 Å². The Morgan fingerprint density at radius 1 is 1.30 bits per heavy atom. The van der Waals surface area contributed by atoms with E-state index >= 15 is 0 Å². The van der Waals surface area contributed by atoms with Gasteiger partial charge in [-0.15, -0.1) is 0 Å². The Balaban J connectivity index is 1.71. The fourth-order valence-corrected chi connectivity index (χ4v) is 3.59. The summed E-state index contributed by atoms with van der Waals surface area (Å²) in [5.41, 5.74) is 0.784. The Bertz CT molecular complexity index is 1070. The van der Waals surface area contributed by atoms with E-state index in [2.05, 4.69) is 20.3 Å². The Hall–Kier alpha value is -3.01. The van der Waals surface area contributed by atoms with E-state index in [0.29, 0.717) is 30.1 Å². The maximum absolute atomic E-state index is 13.1. The highest BCUT2D eigenvalue weighted by molar-refractivity contribution is 5.92. The number of imidazole rings is 1. The SMILES string of the molecule is Cc1cnc(C(=O)N[C@H](c2nc3cc(C(F)(F)F)ccc3n2C)[C@H]2CCCO2)cn1. The molecule has 7 nitrogen and oxygen atoms in total. The van der Waals surface area contributed by atoms with Gasteiger partial charge in [0.2, 0.25) is 0 Å². The summed E-state index contributed by atoms with van der Waals surface area (Å²) >= 11 is 0. The maximum atomic E-state index is 13.1. The molecule has 1 aliphatic heterocycles. The first-order valence-corrected chi connectivity index (χ1v) is 9.49. The van der Waals surface area contributed by atoms with Crippen molar-refractivity contribution < 1.29 is 22.7 Å². The summed E-state index contributed by atoms with van der Waals surface area (Å²) in [6, 6.07) is 2.78. The van der Waals surface area contributed by atoms with Gasteiger partial charge in [-0.25, -0.2) is 9.97 Å². The fourth-order valence-electron chi connectivity index (χ4n) is 3.59. The lowest BCUT2D eigenvalue weighted by Gasteiger charge is -2.23. The Labute approximate surface area is 170 Å². The molecule has 10 heteroatoms. The number of aromatic nitrogens is 4. The third-order valence-electron chi connectivity index (χ3n) is 5.16. The van der Waals surface area contributed by atoms with Gasteiger partial charge in [0.15, 0.2) is 0 Å². The van der Waals surface area contributed by atoms with Crippen LogP contribution in [0.3, 0.4) is 0 Å².